The van der Waals surface area contributed by atoms with E-state index in [0.717, 1.165) is 31.9 Å². The molecule has 7 rings (SSSR count). The fraction of sp³-hybridized carbons (Fsp3) is 0.574. The number of anilines is 1. The molecule has 3 aromatic heterocycles. The fourth-order valence-corrected chi connectivity index (χ4v) is 11.0. The van der Waals surface area contributed by atoms with E-state index in [2.05, 4.69) is 30.4 Å². The number of nitriles is 2. The summed E-state index contributed by atoms with van der Waals surface area (Å²) in [5.74, 6) is -5.53. The first-order valence-corrected chi connectivity index (χ1v) is 29.4. The maximum atomic E-state index is 14.1. The molecule has 26 nitrogen and oxygen atoms in total. The quantitative estimate of drug-likeness (QED) is 0.0226. The Balaban J connectivity index is 0.985. The molecule has 10 N–H and O–H groups in total. The Morgan fingerprint density at radius 2 is 1.44 bits per heavy atom. The third kappa shape index (κ3) is 15.1. The van der Waals surface area contributed by atoms with Gasteiger partial charge in [-0.25, -0.2) is 14.5 Å². The second-order valence-corrected chi connectivity index (χ2v) is 23.6. The highest BCUT2D eigenvalue weighted by Gasteiger charge is 2.61. The molecule has 26 heteroatoms. The molecule has 0 bridgehead atoms. The molecule has 4 aromatic rings. The minimum atomic E-state index is -2.24. The Bertz CT molecular complexity index is 3240. The van der Waals surface area contributed by atoms with E-state index >= 15 is 0 Å². The van der Waals surface area contributed by atoms with Crippen LogP contribution in [-0.4, -0.2) is 140 Å². The van der Waals surface area contributed by atoms with E-state index < -0.39 is 115 Å². The molecule has 2 aliphatic heterocycles. The molecule has 3 aliphatic rings. The Labute approximate surface area is 504 Å². The van der Waals surface area contributed by atoms with Gasteiger partial charge in [0, 0.05) is 18.3 Å². The minimum absolute atomic E-state index is 0.00518. The minimum Gasteiger partial charge on any atom is -0.463 e. The summed E-state index contributed by atoms with van der Waals surface area (Å²) in [6.07, 6.45) is -3.08. The second kappa shape index (κ2) is 29.1. The zero-order valence-corrected chi connectivity index (χ0v) is 50.2. The van der Waals surface area contributed by atoms with Gasteiger partial charge in [0.25, 0.3) is 5.91 Å². The molecule has 3 fully saturated rings. The van der Waals surface area contributed by atoms with Crippen molar-refractivity contribution in [1.82, 2.24) is 19.6 Å². The summed E-state index contributed by atoms with van der Waals surface area (Å²) in [5, 5.41) is 52.6. The Kier molecular flexibility index (Phi) is 22.3. The van der Waals surface area contributed by atoms with Gasteiger partial charge in [0.05, 0.1) is 29.8 Å². The van der Waals surface area contributed by atoms with Gasteiger partial charge in [-0.1, -0.05) is 98.6 Å². The molecule has 2 saturated heterocycles. The van der Waals surface area contributed by atoms with E-state index in [1.807, 2.05) is 26.0 Å². The molecule has 1 aromatic carbocycles. The monoisotopic (exact) mass is 1200 g/mol. The molecule has 468 valence electrons. The standard InChI is InChI=1S/C61H80N12O14/c1-9-34(6)56(78)71-54(67-30-64)40-18-20-44(70-40)60(28-62)52(76)50(84-58(80)48(65)32(2)3)42(86-60)26-83-47(75)25-39-17-13-16-38(23-39)22-35(7)36(8)57(79)72-55-41-19-21-45(73(41)69-31-68-55)61(29-63)53(77)51(85-59(81)49(66)33(4)5)43(87-61)27-82-46(74)24-37-14-11-10-12-15-37/h10-12,14-15,18-21,30-36,38-39,42-43,48-53,70,76-77H,9,13,16-17,22-27,65-66H2,1-8H3,(H2,64,67,71,78)(H,68,69,72,79)/t34-,35?,36+,38?,39?,42+,43+,48-,49-,50+,51+,52+,53+,60-,61-/m0/s1. The first-order valence-electron chi connectivity index (χ1n) is 29.4. The van der Waals surface area contributed by atoms with Gasteiger partial charge in [0.2, 0.25) is 17.1 Å². The number of nitrogens with one attached hydrogen (secondary N) is 2. The number of H-pyrrole nitrogens is 1. The lowest BCUT2D eigenvalue weighted by Crippen LogP contribution is -2.46. The summed E-state index contributed by atoms with van der Waals surface area (Å²) in [7, 11) is 0. The first-order chi connectivity index (χ1) is 41.4. The van der Waals surface area contributed by atoms with Crippen molar-refractivity contribution in [3.63, 3.8) is 0 Å². The van der Waals surface area contributed by atoms with Gasteiger partial charge in [0.1, 0.15) is 73.7 Å². The number of hydrogen-bond donors (Lipinski definition) is 7. The molecule has 5 heterocycles. The Hall–Kier alpha value is -7.98. The molecule has 15 atom stereocenters. The average molecular weight is 1210 g/mol. The number of fused-ring (bicyclic) bond motifs is 1. The van der Waals surface area contributed by atoms with Gasteiger partial charge in [-0.3, -0.25) is 28.8 Å². The molecule has 1 aliphatic carbocycles. The number of ether oxygens (including phenoxy) is 6. The zero-order valence-electron chi connectivity index (χ0n) is 50.2. The molecular formula is C61H80N12O14. The van der Waals surface area contributed by atoms with Crippen LogP contribution in [0.2, 0.25) is 0 Å². The van der Waals surface area contributed by atoms with E-state index in [9.17, 15) is 49.5 Å². The number of aliphatic hydroxyl groups excluding tert-OH is 2. The number of carbonyl (C=O) groups excluding carboxylic acids is 6. The summed E-state index contributed by atoms with van der Waals surface area (Å²) in [4.78, 5) is 95.4. The smallest absolute Gasteiger partial charge is 0.323 e. The number of carbonyl (C=O) groups is 6. The largest absolute Gasteiger partial charge is 0.463 e. The van der Waals surface area contributed by atoms with Crippen LogP contribution >= 0.6 is 0 Å². The van der Waals surface area contributed by atoms with Crippen LogP contribution in [0.4, 0.5) is 5.82 Å². The topological polar surface area (TPSA) is 407 Å². The number of aromatic nitrogens is 4. The number of amidine groups is 1. The molecular weight excluding hydrogens is 1120 g/mol. The number of esters is 4. The number of aliphatic hydroxyl groups is 2. The lowest BCUT2D eigenvalue weighted by molar-refractivity contribution is -0.163. The highest BCUT2D eigenvalue weighted by molar-refractivity contribution is 6.07. The number of amides is 2. The normalized spacial score (nSPS) is 26.6. The van der Waals surface area contributed by atoms with Crippen LogP contribution in [0.5, 0.6) is 0 Å². The van der Waals surface area contributed by atoms with E-state index in [4.69, 9.17) is 45.6 Å². The molecule has 0 spiro atoms. The number of rotatable bonds is 24. The number of nitrogens with two attached hydrogens (primary N) is 3. The number of aliphatic imine (C=N–C) groups is 2. The Morgan fingerprint density at radius 3 is 2.03 bits per heavy atom. The molecule has 87 heavy (non-hydrogen) atoms. The third-order valence-electron chi connectivity index (χ3n) is 16.9. The van der Waals surface area contributed by atoms with Crippen LogP contribution < -0.4 is 22.5 Å². The number of hydrogen-bond acceptors (Lipinski definition) is 20. The van der Waals surface area contributed by atoms with E-state index in [1.54, 1.807) is 71.9 Å². The van der Waals surface area contributed by atoms with Crippen molar-refractivity contribution in [3.05, 3.63) is 83.6 Å². The predicted octanol–water partition coefficient (Wildman–Crippen LogP) is 3.94. The third-order valence-corrected chi connectivity index (χ3v) is 16.9. The summed E-state index contributed by atoms with van der Waals surface area (Å²) < 4.78 is 36.6. The van der Waals surface area contributed by atoms with Crippen molar-refractivity contribution in [1.29, 1.82) is 10.5 Å². The van der Waals surface area contributed by atoms with E-state index in [-0.39, 0.29) is 82.6 Å². The Morgan fingerprint density at radius 1 is 0.839 bits per heavy atom. The van der Waals surface area contributed by atoms with Crippen molar-refractivity contribution < 1.29 is 67.4 Å². The summed E-state index contributed by atoms with van der Waals surface area (Å²) in [5.41, 5.74) is 14.5. The highest BCUT2D eigenvalue weighted by Crippen LogP contribution is 2.44. The van der Waals surface area contributed by atoms with E-state index in [1.165, 1.54) is 28.8 Å². The maximum absolute atomic E-state index is 14.1. The zero-order chi connectivity index (χ0) is 63.5. The van der Waals surface area contributed by atoms with Crippen molar-refractivity contribution >= 4 is 59.2 Å². The maximum Gasteiger partial charge on any atom is 0.323 e. The van der Waals surface area contributed by atoms with Gasteiger partial charge in [-0.05, 0) is 85.1 Å². The summed E-state index contributed by atoms with van der Waals surface area (Å²) >= 11 is 0. The molecule has 1 saturated carbocycles. The van der Waals surface area contributed by atoms with Crippen LogP contribution in [0.3, 0.4) is 0 Å². The lowest BCUT2D eigenvalue weighted by atomic mass is 9.74. The average Bonchev–Trinajstić information content (AvgIpc) is 1.83. The summed E-state index contributed by atoms with van der Waals surface area (Å²) in [6, 6.07) is 16.6. The van der Waals surface area contributed by atoms with E-state index in [0.29, 0.717) is 24.8 Å². The van der Waals surface area contributed by atoms with Gasteiger partial charge in [-0.2, -0.15) is 20.6 Å². The molecule has 3 unspecified atom stereocenters. The second-order valence-electron chi connectivity index (χ2n) is 23.6. The number of nitrogens with zero attached hydrogens (tertiary/aromatic N) is 7. The van der Waals surface area contributed by atoms with Crippen molar-refractivity contribution in [2.24, 2.45) is 68.6 Å². The summed E-state index contributed by atoms with van der Waals surface area (Å²) in [6.45, 7) is 13.2. The van der Waals surface area contributed by atoms with Crippen LogP contribution in [0.25, 0.3) is 5.52 Å². The fourth-order valence-electron chi connectivity index (χ4n) is 11.0. The molecule has 2 amide bonds. The van der Waals surface area contributed by atoms with Gasteiger partial charge in [0.15, 0.2) is 23.9 Å². The predicted molar refractivity (Wildman–Crippen MR) is 313 cm³/mol. The lowest BCUT2D eigenvalue weighted by Gasteiger charge is -2.31. The first kappa shape index (κ1) is 66.5. The molecule has 0 radical (unpaired) electrons. The van der Waals surface area contributed by atoms with Crippen LogP contribution in [0.15, 0.2) is 70.9 Å². The van der Waals surface area contributed by atoms with Gasteiger partial charge < -0.3 is 66.1 Å². The van der Waals surface area contributed by atoms with Crippen LogP contribution in [0, 0.1) is 64.1 Å². The highest BCUT2D eigenvalue weighted by atomic mass is 16.6. The number of aromatic amines is 1. The van der Waals surface area contributed by atoms with Gasteiger partial charge in [-0.15, -0.1) is 0 Å². The van der Waals surface area contributed by atoms with Crippen molar-refractivity contribution in [2.45, 2.75) is 167 Å². The van der Waals surface area contributed by atoms with Crippen LogP contribution in [0.1, 0.15) is 123 Å². The SMILES string of the molecule is CC[C@H](C)C(=O)N=C(N=CN)c1ccc([C@]2(C#N)O[C@H](COC(=O)CC3CCCC(CC(C)[C@@H](C)C(=O)Nc4ncnn5c([C@]6(C#N)O[C@H](COC(=O)Cc7ccccc7)[C@@H](OC(=O)[C@@H](N)C(C)C)[C@H]6O)ccc45)C3)[C@@H](OC(=O)[C@@H](N)C(C)C)[C@H]2O)[nH]1. The van der Waals surface area contributed by atoms with Crippen molar-refractivity contribution in [3.8, 4) is 12.1 Å². The van der Waals surface area contributed by atoms with Crippen molar-refractivity contribution in [2.75, 3.05) is 18.5 Å². The van der Waals surface area contributed by atoms with Gasteiger partial charge >= 0.3 is 23.9 Å². The number of benzene rings is 1. The van der Waals surface area contributed by atoms with Crippen LogP contribution in [-0.2, 0) is 74.8 Å².